The van der Waals surface area contributed by atoms with Crippen molar-refractivity contribution in [2.24, 2.45) is 5.92 Å². The number of carbonyl (C=O) groups is 1. The van der Waals surface area contributed by atoms with Gasteiger partial charge in [-0.15, -0.1) is 6.58 Å². The normalized spacial score (nSPS) is 11.1. The molecule has 164 valence electrons. The number of anilines is 1. The van der Waals surface area contributed by atoms with Gasteiger partial charge in [0, 0.05) is 0 Å². The predicted molar refractivity (Wildman–Crippen MR) is 124 cm³/mol. The van der Waals surface area contributed by atoms with Crippen LogP contribution in [0, 0.1) is 5.92 Å². The molecule has 0 saturated heterocycles. The minimum absolute atomic E-state index is 0.116. The Morgan fingerprint density at radius 2 is 1.76 bits per heavy atom. The molecular weight excluding hydrogens is 364 g/mol. The Morgan fingerprint density at radius 1 is 1.21 bits per heavy atom. The van der Waals surface area contributed by atoms with E-state index in [1.807, 2.05) is 44.2 Å². The number of hydrogen-bond donors (Lipinski definition) is 2. The number of aromatic nitrogens is 1. The second kappa shape index (κ2) is 20.3. The molecule has 2 rings (SSSR count). The Balaban J connectivity index is 0. The number of aliphatic hydroxyl groups is 1. The van der Waals surface area contributed by atoms with Crippen molar-refractivity contribution in [1.29, 1.82) is 0 Å². The molecule has 1 aromatic heterocycles. The third-order valence-electron chi connectivity index (χ3n) is 3.71. The van der Waals surface area contributed by atoms with Crippen LogP contribution in [0.15, 0.2) is 53.7 Å². The van der Waals surface area contributed by atoms with Crippen molar-refractivity contribution in [2.45, 2.75) is 73.3 Å². The summed E-state index contributed by atoms with van der Waals surface area (Å²) in [6, 6.07) is 9.58. The summed E-state index contributed by atoms with van der Waals surface area (Å²) in [5.74, 6) is 0.890. The minimum Gasteiger partial charge on any atom is -0.393 e. The Kier molecular flexibility index (Phi) is 20.2. The van der Waals surface area contributed by atoms with E-state index in [0.29, 0.717) is 18.2 Å². The Bertz CT molecular complexity index is 610. The first-order valence-corrected chi connectivity index (χ1v) is 10.4. The summed E-state index contributed by atoms with van der Waals surface area (Å²) in [6.07, 6.45) is 8.46. The lowest BCUT2D eigenvalue weighted by Gasteiger charge is -2.15. The summed E-state index contributed by atoms with van der Waals surface area (Å²) < 4.78 is 4.87. The van der Waals surface area contributed by atoms with Gasteiger partial charge in [-0.1, -0.05) is 88.5 Å². The van der Waals surface area contributed by atoms with Gasteiger partial charge in [-0.05, 0) is 31.7 Å². The van der Waals surface area contributed by atoms with E-state index in [1.165, 1.54) is 12.8 Å². The molecule has 5 heteroatoms. The molecule has 29 heavy (non-hydrogen) atoms. The first-order chi connectivity index (χ1) is 14.0. The van der Waals surface area contributed by atoms with Gasteiger partial charge >= 0.3 is 0 Å². The van der Waals surface area contributed by atoms with Gasteiger partial charge in [0.2, 0.25) is 12.3 Å². The molecule has 0 bridgehead atoms. The molecule has 1 heterocycles. The van der Waals surface area contributed by atoms with E-state index in [0.717, 1.165) is 24.0 Å². The van der Waals surface area contributed by atoms with Crippen molar-refractivity contribution in [3.63, 3.8) is 0 Å². The van der Waals surface area contributed by atoms with Crippen LogP contribution in [-0.2, 0) is 4.79 Å². The van der Waals surface area contributed by atoms with Crippen molar-refractivity contribution >= 4 is 12.3 Å². The molecule has 0 aliphatic carbocycles. The zero-order valence-corrected chi connectivity index (χ0v) is 19.0. The first-order valence-electron chi connectivity index (χ1n) is 10.4. The van der Waals surface area contributed by atoms with E-state index < -0.39 is 0 Å². The number of aliphatic hydroxyl groups excluding tert-OH is 1. The smallest absolute Gasteiger partial charge is 0.238 e. The van der Waals surface area contributed by atoms with Gasteiger partial charge < -0.3 is 9.63 Å². The molecule has 0 radical (unpaired) electrons. The van der Waals surface area contributed by atoms with E-state index in [4.69, 9.17) is 9.63 Å². The lowest BCUT2D eigenvalue weighted by Crippen LogP contribution is -2.14. The van der Waals surface area contributed by atoms with E-state index >= 15 is 0 Å². The Morgan fingerprint density at radius 3 is 2.14 bits per heavy atom. The van der Waals surface area contributed by atoms with Gasteiger partial charge in [-0.2, -0.15) is 0 Å². The van der Waals surface area contributed by atoms with Crippen LogP contribution >= 0.6 is 0 Å². The highest BCUT2D eigenvalue weighted by Gasteiger charge is 2.10. The fourth-order valence-electron chi connectivity index (χ4n) is 2.38. The quantitative estimate of drug-likeness (QED) is 0.397. The van der Waals surface area contributed by atoms with Crippen molar-refractivity contribution in [3.8, 4) is 11.1 Å². The Hall–Kier alpha value is -2.40. The predicted octanol–water partition coefficient (Wildman–Crippen LogP) is 6.71. The molecule has 1 amide bonds. The van der Waals surface area contributed by atoms with Crippen molar-refractivity contribution in [3.05, 3.63) is 49.2 Å². The molecule has 0 spiro atoms. The second-order valence-corrected chi connectivity index (χ2v) is 6.51. The number of nitrogens with one attached hydrogen (secondary N) is 1. The highest BCUT2D eigenvalue weighted by atomic mass is 16.5. The second-order valence-electron chi connectivity index (χ2n) is 6.51. The molecule has 2 aromatic rings. The van der Waals surface area contributed by atoms with Crippen molar-refractivity contribution < 1.29 is 14.4 Å². The number of carbonyl (C=O) groups excluding carboxylic acids is 1. The van der Waals surface area contributed by atoms with Crippen LogP contribution in [0.4, 0.5) is 5.88 Å². The first kappa shape index (κ1) is 28.8. The molecule has 5 nitrogen and oxygen atoms in total. The minimum atomic E-state index is -0.116. The number of allylic oxidation sites excluding steroid dienone is 1. The molecule has 0 aliphatic rings. The van der Waals surface area contributed by atoms with Crippen LogP contribution < -0.4 is 5.32 Å². The molecule has 2 atom stereocenters. The van der Waals surface area contributed by atoms with E-state index in [-0.39, 0.29) is 6.10 Å². The van der Waals surface area contributed by atoms with E-state index in [1.54, 1.807) is 12.3 Å². The van der Waals surface area contributed by atoms with Crippen LogP contribution in [0.5, 0.6) is 0 Å². The summed E-state index contributed by atoms with van der Waals surface area (Å²) in [7, 11) is 0. The van der Waals surface area contributed by atoms with Gasteiger partial charge in [0.1, 0.15) is 0 Å². The van der Waals surface area contributed by atoms with Gasteiger partial charge in [-0.3, -0.25) is 10.1 Å². The zero-order chi connectivity index (χ0) is 22.5. The van der Waals surface area contributed by atoms with Crippen LogP contribution in [0.3, 0.4) is 0 Å². The molecule has 0 aliphatic heterocycles. The Labute approximate surface area is 177 Å². The number of rotatable bonds is 7. The number of nitrogens with zero attached hydrogens (tertiary/aromatic N) is 1. The molecule has 2 unspecified atom stereocenters. The lowest BCUT2D eigenvalue weighted by atomic mass is 9.96. The van der Waals surface area contributed by atoms with Gasteiger partial charge in [-0.25, -0.2) is 0 Å². The maximum Gasteiger partial charge on any atom is 0.238 e. The summed E-state index contributed by atoms with van der Waals surface area (Å²) in [4.78, 5) is 10.3. The summed E-state index contributed by atoms with van der Waals surface area (Å²) in [6.45, 7) is 15.7. The molecule has 1 aromatic carbocycles. The van der Waals surface area contributed by atoms with Crippen LogP contribution in [-0.4, -0.2) is 22.8 Å². The van der Waals surface area contributed by atoms with Gasteiger partial charge in [0.05, 0.1) is 17.9 Å². The highest BCUT2D eigenvalue weighted by molar-refractivity contribution is 5.80. The highest BCUT2D eigenvalue weighted by Crippen LogP contribution is 2.26. The fraction of sp³-hybridized carbons (Fsp3) is 0.500. The maximum absolute atomic E-state index is 10.3. The largest absolute Gasteiger partial charge is 0.393 e. The van der Waals surface area contributed by atoms with Gasteiger partial charge in [0.15, 0.2) is 0 Å². The number of hydrogen-bond acceptors (Lipinski definition) is 4. The van der Waals surface area contributed by atoms with Crippen LogP contribution in [0.1, 0.15) is 67.2 Å². The fourth-order valence-corrected chi connectivity index (χ4v) is 2.38. The molecule has 0 saturated carbocycles. The van der Waals surface area contributed by atoms with E-state index in [9.17, 15) is 4.79 Å². The number of benzene rings is 1. The standard InChI is InChI=1S/C10H8N2O2.C8H18O.C3H8.C3H6/c13-7-11-10-9(6-12-14-10)8-4-2-1-3-5-8;1-4-6-8(5-2)7(3)9;2*1-3-2/h1-7H,(H,11,13);7-9H,4-6H2,1-3H3;3H2,1-2H3;3H,1H2,2H3. The van der Waals surface area contributed by atoms with Crippen LogP contribution in [0.25, 0.3) is 11.1 Å². The lowest BCUT2D eigenvalue weighted by molar-refractivity contribution is -0.105. The van der Waals surface area contributed by atoms with Gasteiger partial charge in [0.25, 0.3) is 0 Å². The topological polar surface area (TPSA) is 75.4 Å². The monoisotopic (exact) mass is 404 g/mol. The average molecular weight is 405 g/mol. The van der Waals surface area contributed by atoms with Crippen LogP contribution in [0.2, 0.25) is 0 Å². The third kappa shape index (κ3) is 14.3. The summed E-state index contributed by atoms with van der Waals surface area (Å²) >= 11 is 0. The van der Waals surface area contributed by atoms with Crippen molar-refractivity contribution in [2.75, 3.05) is 5.32 Å². The van der Waals surface area contributed by atoms with E-state index in [2.05, 4.69) is 44.7 Å². The average Bonchev–Trinajstić information content (AvgIpc) is 3.17. The maximum atomic E-state index is 10.3. The van der Waals surface area contributed by atoms with Crippen molar-refractivity contribution in [1.82, 2.24) is 5.16 Å². The summed E-state index contributed by atoms with van der Waals surface area (Å²) in [5, 5.41) is 15.2. The summed E-state index contributed by atoms with van der Waals surface area (Å²) in [5.41, 5.74) is 1.73. The molecule has 0 fully saturated rings. The number of amides is 1. The third-order valence-corrected chi connectivity index (χ3v) is 3.71. The SMILES string of the molecule is C=CC.CCC.CCCC(CC)C(C)O.O=CNc1oncc1-c1ccccc1. The molecule has 2 N–H and O–H groups in total. The zero-order valence-electron chi connectivity index (χ0n) is 19.0. The molecular formula is C24H40N2O3.